The third-order valence-electron chi connectivity index (χ3n) is 3.78. The Balaban J connectivity index is 2.44. The van der Waals surface area contributed by atoms with Crippen molar-refractivity contribution in [3.63, 3.8) is 0 Å². The topological polar surface area (TPSA) is 82.2 Å². The second-order valence-electron chi connectivity index (χ2n) is 5.38. The van der Waals surface area contributed by atoms with Gasteiger partial charge in [-0.2, -0.15) is 0 Å². The van der Waals surface area contributed by atoms with Crippen LogP contribution < -0.4 is 5.32 Å². The first-order valence-electron chi connectivity index (χ1n) is 7.00. The number of carboxylic acid groups (broad SMARTS) is 1. The van der Waals surface area contributed by atoms with Gasteiger partial charge in [0, 0.05) is 24.4 Å². The largest absolute Gasteiger partial charge is 0.477 e. The molecule has 0 fully saturated rings. The monoisotopic (exact) mass is 288 g/mol. The maximum Gasteiger partial charge on any atom is 0.352 e. The van der Waals surface area contributed by atoms with Crippen LogP contribution in [-0.4, -0.2) is 29.0 Å². The molecule has 0 aliphatic heterocycles. The lowest BCUT2D eigenvalue weighted by Crippen LogP contribution is -2.18. The van der Waals surface area contributed by atoms with Gasteiger partial charge in [-0.15, -0.1) is 0 Å². The van der Waals surface area contributed by atoms with Gasteiger partial charge in [0.1, 0.15) is 5.69 Å². The number of aromatic amines is 1. The molecule has 0 spiro atoms. The van der Waals surface area contributed by atoms with Crippen molar-refractivity contribution < 1.29 is 14.7 Å². The molecule has 1 aromatic carbocycles. The number of aromatic carboxylic acids is 1. The first-order valence-corrected chi connectivity index (χ1v) is 7.00. The lowest BCUT2D eigenvalue weighted by molar-refractivity contribution is -0.120. The number of H-pyrrole nitrogens is 1. The molecule has 0 radical (unpaired) electrons. The Hall–Kier alpha value is -2.30. The molecule has 5 nitrogen and oxygen atoms in total. The fourth-order valence-electron chi connectivity index (χ4n) is 2.62. The van der Waals surface area contributed by atoms with Crippen molar-refractivity contribution in [3.05, 3.63) is 35.0 Å². The molecule has 0 aliphatic carbocycles. The number of carboxylic acids is 1. The minimum absolute atomic E-state index is 0.0102. The second-order valence-corrected chi connectivity index (χ2v) is 5.38. The van der Waals surface area contributed by atoms with E-state index in [0.29, 0.717) is 12.8 Å². The third-order valence-corrected chi connectivity index (χ3v) is 3.78. The van der Waals surface area contributed by atoms with Crippen molar-refractivity contribution in [1.82, 2.24) is 10.3 Å². The summed E-state index contributed by atoms with van der Waals surface area (Å²) in [6.45, 7) is 3.94. The molecule has 1 atom stereocenters. The van der Waals surface area contributed by atoms with E-state index in [1.807, 2.05) is 32.0 Å². The number of hydrogen-bond donors (Lipinski definition) is 3. The molecule has 0 aliphatic rings. The maximum atomic E-state index is 11.5. The Labute approximate surface area is 123 Å². The zero-order chi connectivity index (χ0) is 15.6. The summed E-state index contributed by atoms with van der Waals surface area (Å²) in [5.74, 6) is -1.01. The first-order chi connectivity index (χ1) is 9.93. The van der Waals surface area contributed by atoms with E-state index in [4.69, 9.17) is 0 Å². The van der Waals surface area contributed by atoms with Crippen molar-refractivity contribution >= 4 is 22.8 Å². The molecule has 0 bridgehead atoms. The molecule has 2 rings (SSSR count). The van der Waals surface area contributed by atoms with Gasteiger partial charge in [-0.05, 0) is 37.0 Å². The zero-order valence-corrected chi connectivity index (χ0v) is 12.5. The molecule has 0 saturated heterocycles. The van der Waals surface area contributed by atoms with Crippen LogP contribution in [0.4, 0.5) is 0 Å². The standard InChI is InChI=1S/C16H20N2O3/c1-9-4-6-12-11(8-9)14(15(18-12)16(20)21)10(2)5-7-13(19)17-3/h4,6,8,10,18H,5,7H2,1-3H3,(H,17,19)(H,20,21). The van der Waals surface area contributed by atoms with Crippen LogP contribution in [0.1, 0.15) is 47.3 Å². The summed E-state index contributed by atoms with van der Waals surface area (Å²) in [4.78, 5) is 25.8. The van der Waals surface area contributed by atoms with E-state index >= 15 is 0 Å². The van der Waals surface area contributed by atoms with Crippen molar-refractivity contribution in [3.8, 4) is 0 Å². The molecule has 1 amide bonds. The molecule has 112 valence electrons. The van der Waals surface area contributed by atoms with Crippen molar-refractivity contribution in [1.29, 1.82) is 0 Å². The van der Waals surface area contributed by atoms with E-state index in [-0.39, 0.29) is 17.5 Å². The predicted molar refractivity (Wildman–Crippen MR) is 81.7 cm³/mol. The molecule has 2 aromatic rings. The Morgan fingerprint density at radius 3 is 2.71 bits per heavy atom. The van der Waals surface area contributed by atoms with Crippen LogP contribution in [-0.2, 0) is 4.79 Å². The van der Waals surface area contributed by atoms with E-state index in [9.17, 15) is 14.7 Å². The fraction of sp³-hybridized carbons (Fsp3) is 0.375. The number of rotatable bonds is 5. The van der Waals surface area contributed by atoms with Crippen LogP contribution in [0.5, 0.6) is 0 Å². The lowest BCUT2D eigenvalue weighted by atomic mass is 9.92. The summed E-state index contributed by atoms with van der Waals surface area (Å²) >= 11 is 0. The average molecular weight is 288 g/mol. The molecule has 5 heteroatoms. The minimum atomic E-state index is -0.967. The third kappa shape index (κ3) is 3.07. The number of aromatic nitrogens is 1. The molecular formula is C16H20N2O3. The lowest BCUT2D eigenvalue weighted by Gasteiger charge is -2.12. The Morgan fingerprint density at radius 2 is 2.10 bits per heavy atom. The number of nitrogens with one attached hydrogen (secondary N) is 2. The first kappa shape index (κ1) is 15.1. The predicted octanol–water partition coefficient (Wildman–Crippen LogP) is 2.80. The molecule has 1 heterocycles. The van der Waals surface area contributed by atoms with Gasteiger partial charge in [-0.1, -0.05) is 18.6 Å². The average Bonchev–Trinajstić information content (AvgIpc) is 2.83. The smallest absolute Gasteiger partial charge is 0.352 e. The van der Waals surface area contributed by atoms with Crippen molar-refractivity contribution in [2.75, 3.05) is 7.05 Å². The number of benzene rings is 1. The Kier molecular flexibility index (Phi) is 4.31. The minimum Gasteiger partial charge on any atom is -0.477 e. The van der Waals surface area contributed by atoms with Gasteiger partial charge < -0.3 is 15.4 Å². The number of carbonyl (C=O) groups is 2. The number of hydrogen-bond acceptors (Lipinski definition) is 2. The molecule has 0 saturated carbocycles. The number of fused-ring (bicyclic) bond motifs is 1. The highest BCUT2D eigenvalue weighted by molar-refractivity contribution is 5.98. The van der Waals surface area contributed by atoms with Gasteiger partial charge in [0.25, 0.3) is 0 Å². The Bertz CT molecular complexity index is 688. The zero-order valence-electron chi connectivity index (χ0n) is 12.5. The molecule has 1 unspecified atom stereocenters. The number of aryl methyl sites for hydroxylation is 1. The van der Waals surface area contributed by atoms with Gasteiger partial charge in [-0.25, -0.2) is 4.79 Å². The van der Waals surface area contributed by atoms with Gasteiger partial charge in [0.2, 0.25) is 5.91 Å². The normalized spacial score (nSPS) is 12.3. The van der Waals surface area contributed by atoms with Crippen LogP contribution in [0.15, 0.2) is 18.2 Å². The van der Waals surface area contributed by atoms with E-state index in [0.717, 1.165) is 22.0 Å². The summed E-state index contributed by atoms with van der Waals surface area (Å²) in [6, 6.07) is 5.83. The van der Waals surface area contributed by atoms with Crippen LogP contribution in [0.2, 0.25) is 0 Å². The van der Waals surface area contributed by atoms with E-state index in [1.165, 1.54) is 0 Å². The highest BCUT2D eigenvalue weighted by atomic mass is 16.4. The Morgan fingerprint density at radius 1 is 1.38 bits per heavy atom. The van der Waals surface area contributed by atoms with E-state index < -0.39 is 5.97 Å². The maximum absolute atomic E-state index is 11.5. The van der Waals surface area contributed by atoms with Crippen LogP contribution >= 0.6 is 0 Å². The fourth-order valence-corrected chi connectivity index (χ4v) is 2.62. The highest BCUT2D eigenvalue weighted by Gasteiger charge is 2.22. The van der Waals surface area contributed by atoms with Crippen LogP contribution in [0.25, 0.3) is 10.9 Å². The highest BCUT2D eigenvalue weighted by Crippen LogP contribution is 2.32. The van der Waals surface area contributed by atoms with E-state index in [1.54, 1.807) is 7.05 Å². The quantitative estimate of drug-likeness (QED) is 0.791. The summed E-state index contributed by atoms with van der Waals surface area (Å²) in [6.07, 6.45) is 0.996. The molecule has 1 aromatic heterocycles. The molecular weight excluding hydrogens is 268 g/mol. The number of carbonyl (C=O) groups excluding carboxylic acids is 1. The summed E-state index contributed by atoms with van der Waals surface area (Å²) < 4.78 is 0. The van der Waals surface area contributed by atoms with Gasteiger partial charge >= 0.3 is 5.97 Å². The SMILES string of the molecule is CNC(=O)CCC(C)c1c(C(=O)O)[nH]c2ccc(C)cc12. The van der Waals surface area contributed by atoms with E-state index in [2.05, 4.69) is 10.3 Å². The molecule has 3 N–H and O–H groups in total. The second kappa shape index (κ2) is 5.99. The molecule has 21 heavy (non-hydrogen) atoms. The van der Waals surface area contributed by atoms with Gasteiger partial charge in [-0.3, -0.25) is 4.79 Å². The summed E-state index contributed by atoms with van der Waals surface area (Å²) in [7, 11) is 1.60. The van der Waals surface area contributed by atoms with Crippen molar-refractivity contribution in [2.24, 2.45) is 0 Å². The van der Waals surface area contributed by atoms with Crippen LogP contribution in [0.3, 0.4) is 0 Å². The van der Waals surface area contributed by atoms with Gasteiger partial charge in [0.15, 0.2) is 0 Å². The van der Waals surface area contributed by atoms with Gasteiger partial charge in [0.05, 0.1) is 0 Å². The summed E-state index contributed by atoms with van der Waals surface area (Å²) in [5, 5.41) is 12.9. The van der Waals surface area contributed by atoms with Crippen LogP contribution in [0, 0.1) is 6.92 Å². The van der Waals surface area contributed by atoms with Crippen molar-refractivity contribution in [2.45, 2.75) is 32.6 Å². The summed E-state index contributed by atoms with van der Waals surface area (Å²) in [5.41, 5.74) is 2.91. The number of amides is 1.